The predicted molar refractivity (Wildman–Crippen MR) is 76.1 cm³/mol. The summed E-state index contributed by atoms with van der Waals surface area (Å²) in [6, 6.07) is 3.51. The van der Waals surface area contributed by atoms with Gasteiger partial charge in [0.05, 0.1) is 18.8 Å². The Labute approximate surface area is 123 Å². The van der Waals surface area contributed by atoms with Crippen molar-refractivity contribution in [2.24, 2.45) is 0 Å². The van der Waals surface area contributed by atoms with Gasteiger partial charge in [0.25, 0.3) is 0 Å². The Bertz CT molecular complexity index is 471. The van der Waals surface area contributed by atoms with Crippen LogP contribution in [0.15, 0.2) is 18.2 Å². The van der Waals surface area contributed by atoms with E-state index in [0.717, 1.165) is 31.8 Å². The number of aliphatic hydroxyl groups is 1. The number of halogens is 2. The topological polar surface area (TPSA) is 35.9 Å². The number of ether oxygens (including phenoxy) is 1. The van der Waals surface area contributed by atoms with Crippen LogP contribution in [-0.4, -0.2) is 67.9 Å². The van der Waals surface area contributed by atoms with Crippen LogP contribution in [-0.2, 0) is 4.74 Å². The molecular weight excluding hydrogens is 278 g/mol. The molecule has 1 aromatic carbocycles. The van der Waals surface area contributed by atoms with Gasteiger partial charge in [-0.2, -0.15) is 0 Å². The third-order valence-corrected chi connectivity index (χ3v) is 3.55. The lowest BCUT2D eigenvalue weighted by atomic mass is 10.1. The summed E-state index contributed by atoms with van der Waals surface area (Å²) < 4.78 is 31.8. The van der Waals surface area contributed by atoms with Crippen LogP contribution in [0.3, 0.4) is 0 Å². The zero-order valence-corrected chi connectivity index (χ0v) is 12.4. The number of likely N-dealkylation sites (N-methyl/N-ethyl adjacent to an activating group) is 1. The SMILES string of the molecule is CN(C)C[C@@H]1CN(C[C@H](O)c2ccc(F)c(F)c2)CCO1. The Morgan fingerprint density at radius 2 is 2.14 bits per heavy atom. The number of benzene rings is 1. The highest BCUT2D eigenvalue weighted by Gasteiger charge is 2.23. The van der Waals surface area contributed by atoms with Crippen molar-refractivity contribution < 1.29 is 18.6 Å². The molecular formula is C15H22F2N2O2. The summed E-state index contributed by atoms with van der Waals surface area (Å²) in [6.07, 6.45) is -0.732. The van der Waals surface area contributed by atoms with Crippen molar-refractivity contribution in [2.45, 2.75) is 12.2 Å². The first-order valence-corrected chi connectivity index (χ1v) is 7.07. The van der Waals surface area contributed by atoms with E-state index >= 15 is 0 Å². The fourth-order valence-electron chi connectivity index (χ4n) is 2.53. The first-order valence-electron chi connectivity index (χ1n) is 7.07. The second-order valence-corrected chi connectivity index (χ2v) is 5.70. The number of β-amino-alcohol motifs (C(OH)–C–C–N with tert-alkyl or cyclic N) is 1. The molecule has 1 aliphatic heterocycles. The summed E-state index contributed by atoms with van der Waals surface area (Å²) in [5, 5.41) is 10.2. The van der Waals surface area contributed by atoms with E-state index in [2.05, 4.69) is 9.80 Å². The number of morpholine rings is 1. The molecule has 4 nitrogen and oxygen atoms in total. The molecule has 2 atom stereocenters. The maximum atomic E-state index is 13.2. The highest BCUT2D eigenvalue weighted by molar-refractivity contribution is 5.20. The lowest BCUT2D eigenvalue weighted by Crippen LogP contribution is -2.47. The Hall–Kier alpha value is -1.08. The molecule has 0 bridgehead atoms. The van der Waals surface area contributed by atoms with Gasteiger partial charge in [-0.1, -0.05) is 6.07 Å². The molecule has 0 aromatic heterocycles. The molecule has 0 amide bonds. The van der Waals surface area contributed by atoms with Crippen LogP contribution < -0.4 is 0 Å². The van der Waals surface area contributed by atoms with Crippen LogP contribution in [0.2, 0.25) is 0 Å². The first-order chi connectivity index (χ1) is 9.95. The molecule has 0 saturated carbocycles. The number of hydrogen-bond acceptors (Lipinski definition) is 4. The van der Waals surface area contributed by atoms with Gasteiger partial charge in [-0.05, 0) is 31.8 Å². The van der Waals surface area contributed by atoms with Gasteiger partial charge >= 0.3 is 0 Å². The van der Waals surface area contributed by atoms with Gasteiger partial charge in [-0.15, -0.1) is 0 Å². The number of nitrogens with zero attached hydrogens (tertiary/aromatic N) is 2. The first kappa shape index (κ1) is 16.3. The summed E-state index contributed by atoms with van der Waals surface area (Å²) >= 11 is 0. The molecule has 0 spiro atoms. The molecule has 1 aliphatic rings. The van der Waals surface area contributed by atoms with E-state index in [1.165, 1.54) is 6.07 Å². The molecule has 21 heavy (non-hydrogen) atoms. The number of rotatable bonds is 5. The lowest BCUT2D eigenvalue weighted by molar-refractivity contribution is -0.0489. The third kappa shape index (κ3) is 4.71. The number of hydrogen-bond donors (Lipinski definition) is 1. The van der Waals surface area contributed by atoms with Crippen LogP contribution in [0.4, 0.5) is 8.78 Å². The zero-order chi connectivity index (χ0) is 15.4. The minimum atomic E-state index is -0.931. The summed E-state index contributed by atoms with van der Waals surface area (Å²) in [5.41, 5.74) is 0.393. The monoisotopic (exact) mass is 300 g/mol. The highest BCUT2D eigenvalue weighted by atomic mass is 19.2. The molecule has 6 heteroatoms. The van der Waals surface area contributed by atoms with Crippen LogP contribution in [0.1, 0.15) is 11.7 Å². The standard InChI is InChI=1S/C15H22F2N2O2/c1-18(2)8-12-9-19(5-6-21-12)10-15(20)11-3-4-13(16)14(17)7-11/h3-4,7,12,15,20H,5-6,8-10H2,1-2H3/t12-,15+/m1/s1. The second kappa shape index (κ2) is 7.26. The van der Waals surface area contributed by atoms with E-state index in [-0.39, 0.29) is 6.10 Å². The van der Waals surface area contributed by atoms with E-state index < -0.39 is 17.7 Å². The minimum absolute atomic E-state index is 0.103. The van der Waals surface area contributed by atoms with E-state index in [0.29, 0.717) is 18.7 Å². The fraction of sp³-hybridized carbons (Fsp3) is 0.600. The third-order valence-electron chi connectivity index (χ3n) is 3.55. The zero-order valence-electron chi connectivity index (χ0n) is 12.4. The summed E-state index contributed by atoms with van der Waals surface area (Å²) in [4.78, 5) is 4.14. The summed E-state index contributed by atoms with van der Waals surface area (Å²) in [6.45, 7) is 3.27. The van der Waals surface area contributed by atoms with Crippen molar-refractivity contribution in [2.75, 3.05) is 46.9 Å². The fourth-order valence-corrected chi connectivity index (χ4v) is 2.53. The van der Waals surface area contributed by atoms with Gasteiger partial charge < -0.3 is 14.7 Å². The van der Waals surface area contributed by atoms with Gasteiger partial charge in [-0.25, -0.2) is 8.78 Å². The molecule has 2 rings (SSSR count). The Morgan fingerprint density at radius 3 is 2.81 bits per heavy atom. The smallest absolute Gasteiger partial charge is 0.159 e. The van der Waals surface area contributed by atoms with Crippen LogP contribution in [0.25, 0.3) is 0 Å². The van der Waals surface area contributed by atoms with Crippen LogP contribution >= 0.6 is 0 Å². The van der Waals surface area contributed by atoms with Crippen molar-refractivity contribution in [1.82, 2.24) is 9.80 Å². The maximum Gasteiger partial charge on any atom is 0.159 e. The molecule has 0 aliphatic carbocycles. The molecule has 0 radical (unpaired) electrons. The van der Waals surface area contributed by atoms with Crippen LogP contribution in [0, 0.1) is 11.6 Å². The summed E-state index contributed by atoms with van der Waals surface area (Å²) in [7, 11) is 3.97. The van der Waals surface area contributed by atoms with Gasteiger partial charge in [0.15, 0.2) is 11.6 Å². The maximum absolute atomic E-state index is 13.2. The van der Waals surface area contributed by atoms with E-state index in [1.54, 1.807) is 0 Å². The van der Waals surface area contributed by atoms with E-state index in [4.69, 9.17) is 4.74 Å². The molecule has 1 fully saturated rings. The van der Waals surface area contributed by atoms with Gasteiger partial charge in [-0.3, -0.25) is 4.90 Å². The van der Waals surface area contributed by atoms with Crippen molar-refractivity contribution in [3.05, 3.63) is 35.4 Å². The Kier molecular flexibility index (Phi) is 5.64. The molecule has 1 saturated heterocycles. The lowest BCUT2D eigenvalue weighted by Gasteiger charge is -2.35. The molecule has 1 heterocycles. The average Bonchev–Trinajstić information content (AvgIpc) is 2.41. The van der Waals surface area contributed by atoms with Crippen molar-refractivity contribution in [3.63, 3.8) is 0 Å². The molecule has 0 unspecified atom stereocenters. The minimum Gasteiger partial charge on any atom is -0.387 e. The Balaban J connectivity index is 1.92. The van der Waals surface area contributed by atoms with Gasteiger partial charge in [0, 0.05) is 26.2 Å². The van der Waals surface area contributed by atoms with E-state index in [9.17, 15) is 13.9 Å². The van der Waals surface area contributed by atoms with E-state index in [1.807, 2.05) is 14.1 Å². The second-order valence-electron chi connectivity index (χ2n) is 5.70. The predicted octanol–water partition coefficient (Wildman–Crippen LogP) is 1.26. The molecule has 1 aromatic rings. The van der Waals surface area contributed by atoms with Crippen molar-refractivity contribution >= 4 is 0 Å². The largest absolute Gasteiger partial charge is 0.387 e. The van der Waals surface area contributed by atoms with Crippen LogP contribution in [0.5, 0.6) is 0 Å². The van der Waals surface area contributed by atoms with Gasteiger partial charge in [0.1, 0.15) is 0 Å². The highest BCUT2D eigenvalue weighted by Crippen LogP contribution is 2.18. The quantitative estimate of drug-likeness (QED) is 0.888. The van der Waals surface area contributed by atoms with Gasteiger partial charge in [0.2, 0.25) is 0 Å². The molecule has 1 N–H and O–H groups in total. The normalized spacial score (nSPS) is 21.7. The van der Waals surface area contributed by atoms with Crippen molar-refractivity contribution in [3.8, 4) is 0 Å². The number of aliphatic hydroxyl groups excluding tert-OH is 1. The molecule has 118 valence electrons. The average molecular weight is 300 g/mol. The van der Waals surface area contributed by atoms with Crippen molar-refractivity contribution in [1.29, 1.82) is 0 Å². The summed E-state index contributed by atoms with van der Waals surface area (Å²) in [5.74, 6) is -1.83. The Morgan fingerprint density at radius 1 is 1.38 bits per heavy atom.